The molecule has 2 aliphatic heterocycles. The van der Waals surface area contributed by atoms with E-state index < -0.39 is 34.2 Å². The van der Waals surface area contributed by atoms with E-state index in [2.05, 4.69) is 0 Å². The topological polar surface area (TPSA) is 111 Å². The van der Waals surface area contributed by atoms with Crippen molar-refractivity contribution in [3.05, 3.63) is 10.1 Å². The standard InChI is InChI=1S/C15H25N3O7/c1-14(2,3)25-13(20)16-8-15(9-16,10-18(21)22)17-5-6-24-7-11(17)12(19)23-4/h11H,5-10H2,1-4H3/t11-/m0/s1. The molecule has 0 N–H and O–H groups in total. The van der Waals surface area contributed by atoms with Crippen LogP contribution >= 0.6 is 0 Å². The third-order valence-corrected chi connectivity index (χ3v) is 4.26. The number of likely N-dealkylation sites (tertiary alicyclic amines) is 1. The summed E-state index contributed by atoms with van der Waals surface area (Å²) in [5.74, 6) is -0.502. The van der Waals surface area contributed by atoms with Gasteiger partial charge in [0.25, 0.3) is 0 Å². The van der Waals surface area contributed by atoms with E-state index >= 15 is 0 Å². The van der Waals surface area contributed by atoms with Crippen LogP contribution in [0, 0.1) is 10.1 Å². The third-order valence-electron chi connectivity index (χ3n) is 4.26. The molecule has 0 aromatic heterocycles. The van der Waals surface area contributed by atoms with E-state index in [1.54, 1.807) is 25.7 Å². The van der Waals surface area contributed by atoms with Gasteiger partial charge in [0, 0.05) is 11.5 Å². The monoisotopic (exact) mass is 359 g/mol. The van der Waals surface area contributed by atoms with Crippen molar-refractivity contribution in [2.24, 2.45) is 0 Å². The molecule has 0 bridgehead atoms. The number of nitro groups is 1. The second-order valence-electron chi connectivity index (χ2n) is 7.36. The molecule has 2 saturated heterocycles. The van der Waals surface area contributed by atoms with E-state index in [-0.39, 0.29) is 26.2 Å². The zero-order valence-electron chi connectivity index (χ0n) is 15.0. The predicted octanol–water partition coefficient (Wildman–Crippen LogP) is 0.126. The highest BCUT2D eigenvalue weighted by atomic mass is 16.6. The van der Waals surface area contributed by atoms with Gasteiger partial charge in [-0.1, -0.05) is 0 Å². The molecule has 25 heavy (non-hydrogen) atoms. The minimum atomic E-state index is -0.928. The van der Waals surface area contributed by atoms with Crippen LogP contribution in [-0.2, 0) is 19.0 Å². The SMILES string of the molecule is COC(=O)[C@@H]1COCCN1C1(C[N+](=O)[O-])CN(C(=O)OC(C)(C)C)C1. The minimum absolute atomic E-state index is 0.110. The van der Waals surface area contributed by atoms with Crippen molar-refractivity contribution < 1.29 is 28.7 Å². The van der Waals surface area contributed by atoms with Gasteiger partial charge in [-0.15, -0.1) is 0 Å². The number of nitrogens with zero attached hydrogens (tertiary/aromatic N) is 3. The van der Waals surface area contributed by atoms with Gasteiger partial charge in [-0.2, -0.15) is 0 Å². The summed E-state index contributed by atoms with van der Waals surface area (Å²) < 4.78 is 15.4. The van der Waals surface area contributed by atoms with E-state index in [0.717, 1.165) is 0 Å². The van der Waals surface area contributed by atoms with Gasteiger partial charge in [-0.05, 0) is 20.8 Å². The lowest BCUT2D eigenvalue weighted by Gasteiger charge is -2.55. The maximum absolute atomic E-state index is 12.2. The largest absolute Gasteiger partial charge is 0.468 e. The fourth-order valence-electron chi connectivity index (χ4n) is 3.24. The molecule has 0 radical (unpaired) electrons. The molecule has 10 heteroatoms. The molecule has 10 nitrogen and oxygen atoms in total. The maximum atomic E-state index is 12.2. The average Bonchev–Trinajstić information content (AvgIpc) is 2.47. The van der Waals surface area contributed by atoms with Gasteiger partial charge in [-0.3, -0.25) is 19.8 Å². The summed E-state index contributed by atoms with van der Waals surface area (Å²) in [5.41, 5.74) is -1.57. The Hall–Kier alpha value is -1.94. The number of amides is 1. The van der Waals surface area contributed by atoms with Gasteiger partial charge < -0.3 is 19.1 Å². The first-order valence-corrected chi connectivity index (χ1v) is 8.10. The van der Waals surface area contributed by atoms with Crippen LogP contribution in [0.5, 0.6) is 0 Å². The molecule has 0 spiro atoms. The fraction of sp³-hybridized carbons (Fsp3) is 0.867. The molecule has 1 amide bonds. The molecule has 2 fully saturated rings. The van der Waals surface area contributed by atoms with Gasteiger partial charge in [0.2, 0.25) is 6.54 Å². The quantitative estimate of drug-likeness (QED) is 0.395. The summed E-state index contributed by atoms with van der Waals surface area (Å²) in [6, 6.07) is -0.723. The minimum Gasteiger partial charge on any atom is -0.468 e. The van der Waals surface area contributed by atoms with E-state index in [1.807, 2.05) is 0 Å². The van der Waals surface area contributed by atoms with Gasteiger partial charge in [0.05, 0.1) is 33.4 Å². The van der Waals surface area contributed by atoms with Crippen molar-refractivity contribution in [3.8, 4) is 0 Å². The number of morpholine rings is 1. The molecule has 0 aromatic rings. The second kappa shape index (κ2) is 7.12. The van der Waals surface area contributed by atoms with Crippen molar-refractivity contribution >= 4 is 12.1 Å². The van der Waals surface area contributed by atoms with Gasteiger partial charge in [0.15, 0.2) is 0 Å². The number of esters is 1. The van der Waals surface area contributed by atoms with E-state index in [4.69, 9.17) is 14.2 Å². The van der Waals surface area contributed by atoms with Crippen LogP contribution in [0.3, 0.4) is 0 Å². The van der Waals surface area contributed by atoms with Gasteiger partial charge in [0.1, 0.15) is 17.2 Å². The zero-order chi connectivity index (χ0) is 18.8. The number of ether oxygens (including phenoxy) is 3. The van der Waals surface area contributed by atoms with Crippen LogP contribution in [0.2, 0.25) is 0 Å². The van der Waals surface area contributed by atoms with Crippen LogP contribution in [0.4, 0.5) is 4.79 Å². The molecule has 142 valence electrons. The van der Waals surface area contributed by atoms with Crippen LogP contribution in [0.1, 0.15) is 20.8 Å². The second-order valence-corrected chi connectivity index (χ2v) is 7.36. The Kier molecular flexibility index (Phi) is 5.52. The highest BCUT2D eigenvalue weighted by Gasteiger charge is 2.57. The molecule has 0 unspecified atom stereocenters. The average molecular weight is 359 g/mol. The smallest absolute Gasteiger partial charge is 0.410 e. The van der Waals surface area contributed by atoms with Crippen molar-refractivity contribution in [1.82, 2.24) is 9.80 Å². The number of hydrogen-bond acceptors (Lipinski definition) is 8. The van der Waals surface area contributed by atoms with Crippen LogP contribution < -0.4 is 0 Å². The molecule has 1 atom stereocenters. The highest BCUT2D eigenvalue weighted by molar-refractivity contribution is 5.76. The van der Waals surface area contributed by atoms with Gasteiger partial charge in [-0.25, -0.2) is 4.79 Å². The molecular weight excluding hydrogens is 334 g/mol. The van der Waals surface area contributed by atoms with Crippen molar-refractivity contribution in [3.63, 3.8) is 0 Å². The summed E-state index contributed by atoms with van der Waals surface area (Å²) in [4.78, 5) is 38.1. The molecular formula is C15H25N3O7. The van der Waals surface area contributed by atoms with Crippen molar-refractivity contribution in [2.45, 2.75) is 38.0 Å². The van der Waals surface area contributed by atoms with Crippen molar-refractivity contribution in [1.29, 1.82) is 0 Å². The lowest BCUT2D eigenvalue weighted by atomic mass is 9.86. The molecule has 0 aromatic carbocycles. The zero-order valence-corrected chi connectivity index (χ0v) is 15.0. The first-order chi connectivity index (χ1) is 11.6. The normalized spacial score (nSPS) is 23.5. The predicted molar refractivity (Wildman–Crippen MR) is 85.7 cm³/mol. The Bertz CT molecular complexity index is 540. The van der Waals surface area contributed by atoms with Crippen molar-refractivity contribution in [2.75, 3.05) is 46.5 Å². The first-order valence-electron chi connectivity index (χ1n) is 8.10. The summed E-state index contributed by atoms with van der Waals surface area (Å²) in [5, 5.41) is 11.2. The number of carbonyl (C=O) groups is 2. The summed E-state index contributed by atoms with van der Waals surface area (Å²) in [6.45, 7) is 5.96. The third kappa shape index (κ3) is 4.37. The van der Waals surface area contributed by atoms with Crippen LogP contribution in [0.15, 0.2) is 0 Å². The number of hydrogen-bond donors (Lipinski definition) is 0. The summed E-state index contributed by atoms with van der Waals surface area (Å²) in [7, 11) is 1.27. The van der Waals surface area contributed by atoms with E-state index in [0.29, 0.717) is 13.2 Å². The molecule has 2 heterocycles. The van der Waals surface area contributed by atoms with E-state index in [1.165, 1.54) is 12.0 Å². The van der Waals surface area contributed by atoms with Crippen LogP contribution in [0.25, 0.3) is 0 Å². The lowest BCUT2D eigenvalue weighted by molar-refractivity contribution is -0.501. The number of carbonyl (C=O) groups excluding carboxylic acids is 2. The first kappa shape index (κ1) is 19.4. The fourth-order valence-corrected chi connectivity index (χ4v) is 3.24. The number of methoxy groups -OCH3 is 1. The summed E-state index contributed by atoms with van der Waals surface area (Å²) in [6.07, 6.45) is -0.519. The Labute approximate surface area is 146 Å². The molecule has 0 saturated carbocycles. The Morgan fingerprint density at radius 3 is 2.52 bits per heavy atom. The maximum Gasteiger partial charge on any atom is 0.410 e. The number of rotatable bonds is 4. The molecule has 2 aliphatic rings. The van der Waals surface area contributed by atoms with E-state index in [9.17, 15) is 19.7 Å². The molecule has 2 rings (SSSR count). The Morgan fingerprint density at radius 1 is 1.36 bits per heavy atom. The Balaban J connectivity index is 2.15. The molecule has 0 aliphatic carbocycles. The van der Waals surface area contributed by atoms with Crippen LogP contribution in [-0.4, -0.2) is 90.5 Å². The van der Waals surface area contributed by atoms with Gasteiger partial charge >= 0.3 is 12.1 Å². The Morgan fingerprint density at radius 2 is 2.00 bits per heavy atom. The summed E-state index contributed by atoms with van der Waals surface area (Å²) >= 11 is 0. The lowest BCUT2D eigenvalue weighted by Crippen LogP contribution is -2.77. The highest BCUT2D eigenvalue weighted by Crippen LogP contribution is 2.33.